The van der Waals surface area contributed by atoms with Crippen LogP contribution in [0.1, 0.15) is 55.4 Å². The predicted molar refractivity (Wildman–Crippen MR) is 118 cm³/mol. The van der Waals surface area contributed by atoms with E-state index in [-0.39, 0.29) is 6.09 Å². The number of nitrogens with zero attached hydrogens (tertiary/aromatic N) is 2. The molecule has 0 aliphatic carbocycles. The molecule has 4 aliphatic rings. The second-order valence-electron chi connectivity index (χ2n) is 10.8. The van der Waals surface area contributed by atoms with Crippen molar-refractivity contribution in [3.8, 4) is 0 Å². The van der Waals surface area contributed by atoms with Crippen LogP contribution in [0.5, 0.6) is 0 Å². The molecular formula is C21H34B2N2O6. The van der Waals surface area contributed by atoms with Crippen molar-refractivity contribution in [1.82, 2.24) is 9.96 Å². The van der Waals surface area contributed by atoms with Crippen LogP contribution in [0.4, 0.5) is 4.79 Å². The van der Waals surface area contributed by atoms with Gasteiger partial charge in [-0.25, -0.2) is 4.79 Å². The van der Waals surface area contributed by atoms with Crippen LogP contribution in [0.25, 0.3) is 0 Å². The Morgan fingerprint density at radius 1 is 0.774 bits per heavy atom. The Morgan fingerprint density at radius 2 is 1.19 bits per heavy atom. The van der Waals surface area contributed by atoms with Crippen molar-refractivity contribution in [2.75, 3.05) is 26.2 Å². The summed E-state index contributed by atoms with van der Waals surface area (Å²) in [6.45, 7) is 18.1. The highest BCUT2D eigenvalue weighted by molar-refractivity contribution is 6.55. The van der Waals surface area contributed by atoms with Crippen molar-refractivity contribution in [3.63, 3.8) is 0 Å². The molecule has 170 valence electrons. The summed E-state index contributed by atoms with van der Waals surface area (Å²) in [4.78, 5) is 20.0. The van der Waals surface area contributed by atoms with Crippen LogP contribution in [-0.2, 0) is 23.5 Å². The van der Waals surface area contributed by atoms with Crippen molar-refractivity contribution in [2.45, 2.75) is 77.8 Å². The molecule has 0 aromatic rings. The van der Waals surface area contributed by atoms with E-state index in [4.69, 9.17) is 23.5 Å². The molecule has 0 bridgehead atoms. The summed E-state index contributed by atoms with van der Waals surface area (Å²) in [5, 5.41) is 1.63. The minimum Gasteiger partial charge on any atom is -0.400 e. The number of amides is 1. The maximum absolute atomic E-state index is 12.7. The molecule has 2 fully saturated rings. The third-order valence-electron chi connectivity index (χ3n) is 7.44. The van der Waals surface area contributed by atoms with Gasteiger partial charge in [0.1, 0.15) is 0 Å². The van der Waals surface area contributed by atoms with Gasteiger partial charge < -0.3 is 23.5 Å². The minimum absolute atomic E-state index is 0.383. The quantitative estimate of drug-likeness (QED) is 0.636. The second kappa shape index (κ2) is 7.35. The first-order chi connectivity index (χ1) is 14.2. The van der Waals surface area contributed by atoms with E-state index in [9.17, 15) is 4.79 Å². The van der Waals surface area contributed by atoms with Crippen LogP contribution in [0.15, 0.2) is 23.1 Å². The molecule has 0 unspecified atom stereocenters. The van der Waals surface area contributed by atoms with E-state index < -0.39 is 36.6 Å². The van der Waals surface area contributed by atoms with E-state index in [1.54, 1.807) is 9.96 Å². The molecule has 1 amide bonds. The number of rotatable bonds is 3. The Bertz CT molecular complexity index is 791. The standard InChI is InChI=1S/C21H34B2N2O6/c1-18(2)19(3,4)29-22(28-18)15-9-11-24(13-15)17(26)27-25-12-10-16(14-25)23-30-20(5,6)21(7,8)31-23/h9-10H,11-14H2,1-8H3. The zero-order valence-corrected chi connectivity index (χ0v) is 20.0. The Morgan fingerprint density at radius 3 is 1.68 bits per heavy atom. The van der Waals surface area contributed by atoms with Crippen LogP contribution in [0.3, 0.4) is 0 Å². The summed E-state index contributed by atoms with van der Waals surface area (Å²) in [5.74, 6) is 0. The van der Waals surface area contributed by atoms with E-state index in [1.165, 1.54) is 0 Å². The average Bonchev–Trinajstić information content (AvgIpc) is 3.35. The molecule has 4 rings (SSSR count). The normalized spacial score (nSPS) is 28.8. The fraction of sp³-hybridized carbons (Fsp3) is 0.762. The summed E-state index contributed by atoms with van der Waals surface area (Å²) in [6, 6.07) is 0. The van der Waals surface area contributed by atoms with Crippen LogP contribution >= 0.6 is 0 Å². The van der Waals surface area contributed by atoms with Gasteiger partial charge in [-0.15, -0.1) is 5.06 Å². The zero-order chi connectivity index (χ0) is 22.8. The highest BCUT2D eigenvalue weighted by Gasteiger charge is 2.54. The van der Waals surface area contributed by atoms with Crippen molar-refractivity contribution >= 4 is 20.3 Å². The number of hydrogen-bond acceptors (Lipinski definition) is 7. The largest absolute Gasteiger partial charge is 0.492 e. The van der Waals surface area contributed by atoms with Crippen molar-refractivity contribution < 1.29 is 28.2 Å². The minimum atomic E-state index is -0.439. The molecule has 0 atom stereocenters. The van der Waals surface area contributed by atoms with Crippen LogP contribution in [0, 0.1) is 0 Å². The van der Waals surface area contributed by atoms with Crippen molar-refractivity contribution in [3.05, 3.63) is 23.1 Å². The van der Waals surface area contributed by atoms with Crippen molar-refractivity contribution in [2.24, 2.45) is 0 Å². The van der Waals surface area contributed by atoms with E-state index in [0.717, 1.165) is 10.9 Å². The van der Waals surface area contributed by atoms with Gasteiger partial charge in [-0.1, -0.05) is 12.2 Å². The van der Waals surface area contributed by atoms with Gasteiger partial charge in [0.15, 0.2) is 0 Å². The summed E-state index contributed by atoms with van der Waals surface area (Å²) >= 11 is 0. The molecule has 31 heavy (non-hydrogen) atoms. The van der Waals surface area contributed by atoms with Gasteiger partial charge in [-0.2, -0.15) is 0 Å². The molecule has 4 heterocycles. The number of carbonyl (C=O) groups excluding carboxylic acids is 1. The Balaban J connectivity index is 1.27. The highest BCUT2D eigenvalue weighted by Crippen LogP contribution is 2.40. The number of hydroxylamine groups is 2. The molecule has 0 N–H and O–H groups in total. The topological polar surface area (TPSA) is 69.7 Å². The van der Waals surface area contributed by atoms with Crippen molar-refractivity contribution in [1.29, 1.82) is 0 Å². The molecule has 8 nitrogen and oxygen atoms in total. The first kappa shape index (κ1) is 22.9. The molecule has 0 aromatic carbocycles. The third-order valence-corrected chi connectivity index (χ3v) is 7.44. The lowest BCUT2D eigenvalue weighted by Crippen LogP contribution is -2.41. The maximum Gasteiger partial charge on any atom is 0.492 e. The molecule has 0 radical (unpaired) electrons. The summed E-state index contributed by atoms with van der Waals surface area (Å²) in [5.41, 5.74) is 0.327. The SMILES string of the molecule is CC1(C)OB(C2=CCN(OC(=O)N3CC=C(B4OC(C)(C)C(C)(C)O4)C3)C2)OC1(C)C. The summed E-state index contributed by atoms with van der Waals surface area (Å²) in [6.07, 6.45) is 3.61. The number of carbonyl (C=O) groups is 1. The maximum atomic E-state index is 12.7. The number of hydrogen-bond donors (Lipinski definition) is 0. The monoisotopic (exact) mass is 432 g/mol. The second-order valence-corrected chi connectivity index (χ2v) is 10.8. The molecule has 0 aromatic heterocycles. The lowest BCUT2D eigenvalue weighted by Gasteiger charge is -2.32. The summed E-state index contributed by atoms with van der Waals surface area (Å²) in [7, 11) is -0.858. The fourth-order valence-corrected chi connectivity index (χ4v) is 3.84. The van der Waals surface area contributed by atoms with Crippen LogP contribution in [-0.4, -0.2) is 78.9 Å². The first-order valence-corrected chi connectivity index (χ1v) is 11.0. The van der Waals surface area contributed by atoms with Gasteiger partial charge in [0.2, 0.25) is 0 Å². The smallest absolute Gasteiger partial charge is 0.400 e. The van der Waals surface area contributed by atoms with Gasteiger partial charge in [0, 0.05) is 13.1 Å². The molecule has 0 spiro atoms. The van der Waals surface area contributed by atoms with Crippen LogP contribution < -0.4 is 0 Å². The third kappa shape index (κ3) is 4.09. The van der Waals surface area contributed by atoms with E-state index in [1.807, 2.05) is 67.5 Å². The van der Waals surface area contributed by atoms with Gasteiger partial charge in [-0.3, -0.25) is 4.90 Å². The van der Waals surface area contributed by atoms with E-state index in [2.05, 4.69) is 0 Å². The predicted octanol–water partition coefficient (Wildman–Crippen LogP) is 2.78. The van der Waals surface area contributed by atoms with Crippen LogP contribution in [0.2, 0.25) is 0 Å². The van der Waals surface area contributed by atoms with E-state index >= 15 is 0 Å². The molecule has 2 saturated heterocycles. The molecular weight excluding hydrogens is 398 g/mol. The first-order valence-electron chi connectivity index (χ1n) is 11.0. The Labute approximate surface area is 186 Å². The summed E-state index contributed by atoms with van der Waals surface area (Å²) < 4.78 is 24.4. The molecule has 4 aliphatic heterocycles. The van der Waals surface area contributed by atoms with Gasteiger partial charge in [0.05, 0.1) is 35.5 Å². The fourth-order valence-electron chi connectivity index (χ4n) is 3.84. The van der Waals surface area contributed by atoms with E-state index in [0.29, 0.717) is 26.2 Å². The van der Waals surface area contributed by atoms with Gasteiger partial charge in [-0.05, 0) is 66.3 Å². The van der Waals surface area contributed by atoms with Gasteiger partial charge >= 0.3 is 20.3 Å². The lowest BCUT2D eigenvalue weighted by atomic mass is 9.79. The van der Waals surface area contributed by atoms with Gasteiger partial charge in [0.25, 0.3) is 0 Å². The lowest BCUT2D eigenvalue weighted by molar-refractivity contribution is -0.0889. The Kier molecular flexibility index (Phi) is 5.42. The Hall–Kier alpha value is -1.32. The zero-order valence-electron chi connectivity index (χ0n) is 20.0. The molecule has 0 saturated carbocycles. The average molecular weight is 432 g/mol. The highest BCUT2D eigenvalue weighted by atomic mass is 16.7. The molecule has 10 heteroatoms.